The molecule has 2 unspecified atom stereocenters. The second kappa shape index (κ2) is 7.68. The average molecular weight is 275 g/mol. The summed E-state index contributed by atoms with van der Waals surface area (Å²) in [6, 6.07) is 7.04. The lowest BCUT2D eigenvalue weighted by Crippen LogP contribution is -2.42. The topological polar surface area (TPSA) is 21.3 Å². The van der Waals surface area contributed by atoms with E-state index in [1.807, 2.05) is 0 Å². The van der Waals surface area contributed by atoms with Crippen molar-refractivity contribution < 1.29 is 4.74 Å². The van der Waals surface area contributed by atoms with Crippen molar-refractivity contribution in [2.75, 3.05) is 6.54 Å². The summed E-state index contributed by atoms with van der Waals surface area (Å²) in [5.41, 5.74) is 2.57. The van der Waals surface area contributed by atoms with Crippen LogP contribution in [0.1, 0.15) is 56.6 Å². The van der Waals surface area contributed by atoms with Gasteiger partial charge in [-0.05, 0) is 69.3 Å². The third-order valence-electron chi connectivity index (χ3n) is 4.09. The van der Waals surface area contributed by atoms with Gasteiger partial charge < -0.3 is 10.1 Å². The van der Waals surface area contributed by atoms with E-state index in [4.69, 9.17) is 4.74 Å². The van der Waals surface area contributed by atoms with Crippen molar-refractivity contribution in [3.05, 3.63) is 29.3 Å². The van der Waals surface area contributed by atoms with Crippen molar-refractivity contribution in [1.82, 2.24) is 5.32 Å². The second-order valence-electron chi connectivity index (χ2n) is 6.18. The van der Waals surface area contributed by atoms with Crippen LogP contribution in [0.25, 0.3) is 0 Å². The Morgan fingerprint density at radius 3 is 2.45 bits per heavy atom. The molecule has 0 aromatic heterocycles. The fourth-order valence-corrected chi connectivity index (χ4v) is 3.15. The Balaban J connectivity index is 2.05. The number of aryl methyl sites for hydroxylation is 2. The highest BCUT2D eigenvalue weighted by atomic mass is 16.5. The van der Waals surface area contributed by atoms with E-state index < -0.39 is 0 Å². The standard InChI is InChI=1S/C18H29NO/c1-4-10-19-17-8-6-5-7-9-18(17)20-16-12-14(2)11-15(3)13-16/h11-13,17-19H,4-10H2,1-3H3. The molecule has 2 atom stereocenters. The summed E-state index contributed by atoms with van der Waals surface area (Å²) < 4.78 is 6.34. The molecule has 0 amide bonds. The molecule has 0 radical (unpaired) electrons. The SMILES string of the molecule is CCCNC1CCCCCC1Oc1cc(C)cc(C)c1. The van der Waals surface area contributed by atoms with Gasteiger partial charge in [-0.2, -0.15) is 0 Å². The van der Waals surface area contributed by atoms with E-state index in [1.165, 1.54) is 49.7 Å². The molecule has 0 spiro atoms. The van der Waals surface area contributed by atoms with Crippen LogP contribution in [0.15, 0.2) is 18.2 Å². The fourth-order valence-electron chi connectivity index (χ4n) is 3.15. The minimum atomic E-state index is 0.324. The van der Waals surface area contributed by atoms with E-state index >= 15 is 0 Å². The quantitative estimate of drug-likeness (QED) is 0.805. The van der Waals surface area contributed by atoms with Crippen molar-refractivity contribution in [2.45, 2.75) is 71.4 Å². The van der Waals surface area contributed by atoms with E-state index in [1.54, 1.807) is 0 Å². The highest BCUT2D eigenvalue weighted by molar-refractivity contribution is 5.33. The molecule has 1 saturated carbocycles. The molecule has 0 saturated heterocycles. The van der Waals surface area contributed by atoms with Crippen LogP contribution in [0, 0.1) is 13.8 Å². The Morgan fingerprint density at radius 2 is 1.75 bits per heavy atom. The first-order valence-electron chi connectivity index (χ1n) is 8.17. The lowest BCUT2D eigenvalue weighted by atomic mass is 10.1. The van der Waals surface area contributed by atoms with E-state index in [0.29, 0.717) is 12.1 Å². The van der Waals surface area contributed by atoms with Gasteiger partial charge in [0.1, 0.15) is 11.9 Å². The number of rotatable bonds is 5. The van der Waals surface area contributed by atoms with Crippen LogP contribution in [0.4, 0.5) is 0 Å². The Morgan fingerprint density at radius 1 is 1.05 bits per heavy atom. The molecule has 0 bridgehead atoms. The van der Waals surface area contributed by atoms with Gasteiger partial charge in [0.15, 0.2) is 0 Å². The zero-order chi connectivity index (χ0) is 14.4. The average Bonchev–Trinajstić information content (AvgIpc) is 2.60. The zero-order valence-electron chi connectivity index (χ0n) is 13.2. The van der Waals surface area contributed by atoms with Crippen molar-refractivity contribution in [1.29, 1.82) is 0 Å². The van der Waals surface area contributed by atoms with Crippen LogP contribution in [-0.2, 0) is 0 Å². The van der Waals surface area contributed by atoms with Crippen molar-refractivity contribution in [2.24, 2.45) is 0 Å². The van der Waals surface area contributed by atoms with Crippen LogP contribution in [0.2, 0.25) is 0 Å². The number of nitrogens with one attached hydrogen (secondary N) is 1. The summed E-state index contributed by atoms with van der Waals surface area (Å²) in [6.45, 7) is 7.60. The highest BCUT2D eigenvalue weighted by Crippen LogP contribution is 2.25. The smallest absolute Gasteiger partial charge is 0.120 e. The predicted molar refractivity (Wildman–Crippen MR) is 85.5 cm³/mol. The van der Waals surface area contributed by atoms with Crippen LogP contribution in [0.3, 0.4) is 0 Å². The van der Waals surface area contributed by atoms with Gasteiger partial charge in [0.05, 0.1) is 0 Å². The van der Waals surface area contributed by atoms with E-state index in [9.17, 15) is 0 Å². The molecule has 1 aromatic carbocycles. The Hall–Kier alpha value is -1.02. The van der Waals surface area contributed by atoms with Gasteiger partial charge >= 0.3 is 0 Å². The van der Waals surface area contributed by atoms with E-state index in [2.05, 4.69) is 44.3 Å². The molecular formula is C18H29NO. The monoisotopic (exact) mass is 275 g/mol. The molecule has 1 aliphatic carbocycles. The lowest BCUT2D eigenvalue weighted by Gasteiger charge is -2.27. The third kappa shape index (κ3) is 4.52. The van der Waals surface area contributed by atoms with Crippen molar-refractivity contribution >= 4 is 0 Å². The lowest BCUT2D eigenvalue weighted by molar-refractivity contribution is 0.144. The van der Waals surface area contributed by atoms with Crippen LogP contribution < -0.4 is 10.1 Å². The maximum atomic E-state index is 6.34. The van der Waals surface area contributed by atoms with Gasteiger partial charge in [-0.1, -0.05) is 25.8 Å². The molecular weight excluding hydrogens is 246 g/mol. The van der Waals surface area contributed by atoms with Gasteiger partial charge in [0.25, 0.3) is 0 Å². The molecule has 2 heteroatoms. The minimum absolute atomic E-state index is 0.324. The number of hydrogen-bond donors (Lipinski definition) is 1. The molecule has 0 aliphatic heterocycles. The van der Waals surface area contributed by atoms with Gasteiger partial charge in [-0.3, -0.25) is 0 Å². The Labute approximate surface area is 123 Å². The van der Waals surface area contributed by atoms with Gasteiger partial charge in [-0.25, -0.2) is 0 Å². The minimum Gasteiger partial charge on any atom is -0.489 e. The maximum Gasteiger partial charge on any atom is 0.120 e. The van der Waals surface area contributed by atoms with Crippen LogP contribution >= 0.6 is 0 Å². The molecule has 1 N–H and O–H groups in total. The van der Waals surface area contributed by atoms with Gasteiger partial charge in [0, 0.05) is 6.04 Å². The summed E-state index contributed by atoms with van der Waals surface area (Å²) in [7, 11) is 0. The number of benzene rings is 1. The number of hydrogen-bond acceptors (Lipinski definition) is 2. The second-order valence-corrected chi connectivity index (χ2v) is 6.18. The molecule has 0 heterocycles. The first-order chi connectivity index (χ1) is 9.69. The normalized spacial score (nSPS) is 23.4. The molecule has 1 fully saturated rings. The largest absolute Gasteiger partial charge is 0.489 e. The summed E-state index contributed by atoms with van der Waals surface area (Å²) >= 11 is 0. The summed E-state index contributed by atoms with van der Waals surface area (Å²) in [5.74, 6) is 1.04. The summed E-state index contributed by atoms with van der Waals surface area (Å²) in [6.07, 6.45) is 7.90. The predicted octanol–water partition coefficient (Wildman–Crippen LogP) is 4.38. The van der Waals surface area contributed by atoms with Gasteiger partial charge in [0.2, 0.25) is 0 Å². The molecule has 20 heavy (non-hydrogen) atoms. The number of ether oxygens (including phenoxy) is 1. The molecule has 2 nitrogen and oxygen atoms in total. The Bertz CT molecular complexity index is 396. The molecule has 1 aliphatic rings. The van der Waals surface area contributed by atoms with Gasteiger partial charge in [-0.15, -0.1) is 0 Å². The van der Waals surface area contributed by atoms with Crippen molar-refractivity contribution in [3.63, 3.8) is 0 Å². The maximum absolute atomic E-state index is 6.34. The summed E-state index contributed by atoms with van der Waals surface area (Å²) in [4.78, 5) is 0. The first kappa shape index (κ1) is 15.4. The van der Waals surface area contributed by atoms with Crippen LogP contribution in [0.5, 0.6) is 5.75 Å². The third-order valence-corrected chi connectivity index (χ3v) is 4.09. The summed E-state index contributed by atoms with van der Waals surface area (Å²) in [5, 5.41) is 3.69. The molecule has 112 valence electrons. The van der Waals surface area contributed by atoms with Crippen LogP contribution in [-0.4, -0.2) is 18.7 Å². The molecule has 1 aromatic rings. The fraction of sp³-hybridized carbons (Fsp3) is 0.667. The van der Waals surface area contributed by atoms with Crippen molar-refractivity contribution in [3.8, 4) is 5.75 Å². The Kier molecular flexibility index (Phi) is 5.90. The first-order valence-corrected chi connectivity index (χ1v) is 8.17. The van der Waals surface area contributed by atoms with E-state index in [-0.39, 0.29) is 0 Å². The molecule has 2 rings (SSSR count). The zero-order valence-corrected chi connectivity index (χ0v) is 13.2. The van der Waals surface area contributed by atoms with E-state index in [0.717, 1.165) is 12.3 Å². The highest BCUT2D eigenvalue weighted by Gasteiger charge is 2.24.